The van der Waals surface area contributed by atoms with E-state index in [0.29, 0.717) is 12.0 Å². The fraction of sp³-hybridized carbons (Fsp3) is 0.667. The summed E-state index contributed by atoms with van der Waals surface area (Å²) < 4.78 is 5.39. The normalized spacial score (nSPS) is 21.2. The van der Waals surface area contributed by atoms with Crippen LogP contribution in [0, 0.1) is 5.92 Å². The van der Waals surface area contributed by atoms with Crippen LogP contribution in [-0.2, 0) is 4.74 Å². The molecule has 0 amide bonds. The van der Waals surface area contributed by atoms with E-state index in [1.807, 2.05) is 13.0 Å². The minimum Gasteiger partial charge on any atom is -0.381 e. The first-order valence-corrected chi connectivity index (χ1v) is 6.19. The zero-order valence-electron chi connectivity index (χ0n) is 10.4. The number of nitrogens with zero attached hydrogens (tertiary/aromatic N) is 2. The highest BCUT2D eigenvalue weighted by atomic mass is 16.5. The van der Waals surface area contributed by atoms with Gasteiger partial charge < -0.3 is 15.4 Å². The van der Waals surface area contributed by atoms with Gasteiger partial charge in [-0.1, -0.05) is 0 Å². The van der Waals surface area contributed by atoms with E-state index < -0.39 is 0 Å². The van der Waals surface area contributed by atoms with E-state index in [1.165, 1.54) is 0 Å². The smallest absolute Gasteiger partial charge is 0.131 e. The van der Waals surface area contributed by atoms with Crippen molar-refractivity contribution in [1.29, 1.82) is 0 Å². The Morgan fingerprint density at radius 3 is 3.00 bits per heavy atom. The lowest BCUT2D eigenvalue weighted by molar-refractivity contribution is 0.183. The van der Waals surface area contributed by atoms with Crippen LogP contribution in [0.5, 0.6) is 0 Å². The van der Waals surface area contributed by atoms with E-state index >= 15 is 0 Å². The second kappa shape index (κ2) is 5.82. The number of hydrogen-bond donors (Lipinski definition) is 2. The summed E-state index contributed by atoms with van der Waals surface area (Å²) in [6, 6.07) is 2.32. The number of ether oxygens (including phenoxy) is 1. The molecule has 1 fully saturated rings. The number of hydrogen-bond acceptors (Lipinski definition) is 5. The van der Waals surface area contributed by atoms with Crippen molar-refractivity contribution in [2.75, 3.05) is 30.4 Å². The summed E-state index contributed by atoms with van der Waals surface area (Å²) in [6.07, 6.45) is 2.71. The molecule has 5 heteroatoms. The molecule has 17 heavy (non-hydrogen) atoms. The minimum absolute atomic E-state index is 0.377. The van der Waals surface area contributed by atoms with E-state index in [-0.39, 0.29) is 0 Å². The third-order valence-electron chi connectivity index (χ3n) is 3.07. The van der Waals surface area contributed by atoms with E-state index in [1.54, 1.807) is 6.33 Å². The van der Waals surface area contributed by atoms with Crippen LogP contribution in [0.2, 0.25) is 0 Å². The molecule has 0 aromatic carbocycles. The molecule has 5 nitrogen and oxygen atoms in total. The van der Waals surface area contributed by atoms with Crippen molar-refractivity contribution in [3.63, 3.8) is 0 Å². The molecular weight excluding hydrogens is 216 g/mol. The Morgan fingerprint density at radius 1 is 1.47 bits per heavy atom. The maximum atomic E-state index is 5.39. The summed E-state index contributed by atoms with van der Waals surface area (Å²) >= 11 is 0. The Hall–Kier alpha value is -1.36. The molecule has 2 heterocycles. The molecule has 0 aliphatic carbocycles. The maximum absolute atomic E-state index is 5.39. The summed E-state index contributed by atoms with van der Waals surface area (Å²) in [7, 11) is 0. The van der Waals surface area contributed by atoms with Crippen molar-refractivity contribution in [2.24, 2.45) is 5.92 Å². The highest BCUT2D eigenvalue weighted by molar-refractivity contribution is 5.46. The van der Waals surface area contributed by atoms with Crippen LogP contribution < -0.4 is 10.6 Å². The quantitative estimate of drug-likeness (QED) is 0.815. The first kappa shape index (κ1) is 12.1. The highest BCUT2D eigenvalue weighted by Gasteiger charge is 2.22. The van der Waals surface area contributed by atoms with Gasteiger partial charge in [-0.25, -0.2) is 9.97 Å². The standard InChI is InChI=1S/C12H20N4O/c1-3-13-11-6-12(15-8-14-11)16-9(2)10-4-5-17-7-10/h6,8-10H,3-5,7H2,1-2H3,(H2,13,14,15,16). The number of anilines is 2. The van der Waals surface area contributed by atoms with Crippen molar-refractivity contribution < 1.29 is 4.74 Å². The summed E-state index contributed by atoms with van der Waals surface area (Å²) in [6.45, 7) is 6.81. The molecule has 0 bridgehead atoms. The first-order chi connectivity index (χ1) is 8.29. The summed E-state index contributed by atoms with van der Waals surface area (Å²) in [5, 5.41) is 6.59. The Kier molecular flexibility index (Phi) is 4.14. The molecule has 0 saturated carbocycles. The third-order valence-corrected chi connectivity index (χ3v) is 3.07. The average molecular weight is 236 g/mol. The van der Waals surface area contributed by atoms with Gasteiger partial charge in [-0.15, -0.1) is 0 Å². The Balaban J connectivity index is 1.94. The van der Waals surface area contributed by atoms with Crippen molar-refractivity contribution in [2.45, 2.75) is 26.3 Å². The van der Waals surface area contributed by atoms with Crippen molar-refractivity contribution in [3.05, 3.63) is 12.4 Å². The lowest BCUT2D eigenvalue weighted by atomic mass is 10.0. The zero-order valence-corrected chi connectivity index (χ0v) is 10.4. The van der Waals surface area contributed by atoms with Gasteiger partial charge in [0.2, 0.25) is 0 Å². The molecule has 0 spiro atoms. The first-order valence-electron chi connectivity index (χ1n) is 6.19. The Labute approximate surface area is 102 Å². The largest absolute Gasteiger partial charge is 0.381 e. The molecule has 1 aromatic rings. The van der Waals surface area contributed by atoms with E-state index in [2.05, 4.69) is 27.5 Å². The van der Waals surface area contributed by atoms with Crippen molar-refractivity contribution in [1.82, 2.24) is 9.97 Å². The maximum Gasteiger partial charge on any atom is 0.131 e. The molecule has 0 radical (unpaired) electrons. The van der Waals surface area contributed by atoms with Gasteiger partial charge in [-0.3, -0.25) is 0 Å². The molecule has 2 rings (SSSR count). The van der Waals surface area contributed by atoms with Gasteiger partial charge in [0.25, 0.3) is 0 Å². The van der Waals surface area contributed by atoms with Crippen LogP contribution in [0.4, 0.5) is 11.6 Å². The van der Waals surface area contributed by atoms with Gasteiger partial charge in [-0.05, 0) is 20.3 Å². The predicted octanol–water partition coefficient (Wildman–Crippen LogP) is 1.75. The van der Waals surface area contributed by atoms with Gasteiger partial charge >= 0.3 is 0 Å². The molecule has 2 atom stereocenters. The van der Waals surface area contributed by atoms with Gasteiger partial charge in [0, 0.05) is 31.2 Å². The zero-order chi connectivity index (χ0) is 12.1. The van der Waals surface area contributed by atoms with Gasteiger partial charge in [0.1, 0.15) is 18.0 Å². The molecule has 1 aromatic heterocycles. The minimum atomic E-state index is 0.377. The van der Waals surface area contributed by atoms with Crippen LogP contribution in [0.25, 0.3) is 0 Å². The second-order valence-corrected chi connectivity index (χ2v) is 4.38. The third kappa shape index (κ3) is 3.30. The molecule has 1 aliphatic heterocycles. The van der Waals surface area contributed by atoms with Crippen molar-refractivity contribution >= 4 is 11.6 Å². The summed E-state index contributed by atoms with van der Waals surface area (Å²) in [5.74, 6) is 2.31. The monoisotopic (exact) mass is 236 g/mol. The lowest BCUT2D eigenvalue weighted by Gasteiger charge is -2.19. The number of nitrogens with one attached hydrogen (secondary N) is 2. The summed E-state index contributed by atoms with van der Waals surface area (Å²) in [4.78, 5) is 8.38. The van der Waals surface area contributed by atoms with Crippen LogP contribution in [-0.4, -0.2) is 35.8 Å². The topological polar surface area (TPSA) is 59.1 Å². The fourth-order valence-electron chi connectivity index (χ4n) is 2.01. The predicted molar refractivity (Wildman–Crippen MR) is 68.2 cm³/mol. The van der Waals surface area contributed by atoms with Crippen LogP contribution in [0.3, 0.4) is 0 Å². The van der Waals surface area contributed by atoms with E-state index in [0.717, 1.165) is 37.8 Å². The van der Waals surface area contributed by atoms with Gasteiger partial charge in [0.05, 0.1) is 6.61 Å². The molecule has 94 valence electrons. The fourth-order valence-corrected chi connectivity index (χ4v) is 2.01. The van der Waals surface area contributed by atoms with Gasteiger partial charge in [0.15, 0.2) is 0 Å². The van der Waals surface area contributed by atoms with Crippen LogP contribution in [0.1, 0.15) is 20.3 Å². The van der Waals surface area contributed by atoms with Crippen LogP contribution >= 0.6 is 0 Å². The number of rotatable bonds is 5. The molecule has 1 saturated heterocycles. The van der Waals surface area contributed by atoms with E-state index in [4.69, 9.17) is 4.74 Å². The highest BCUT2D eigenvalue weighted by Crippen LogP contribution is 2.19. The average Bonchev–Trinajstić information content (AvgIpc) is 2.83. The Bertz CT molecular complexity index is 352. The lowest BCUT2D eigenvalue weighted by Crippen LogP contribution is -2.26. The molecular formula is C12H20N4O. The molecule has 1 aliphatic rings. The molecule has 2 N–H and O–H groups in total. The molecule has 2 unspecified atom stereocenters. The number of aromatic nitrogens is 2. The van der Waals surface area contributed by atoms with Crippen molar-refractivity contribution in [3.8, 4) is 0 Å². The summed E-state index contributed by atoms with van der Waals surface area (Å²) in [5.41, 5.74) is 0. The van der Waals surface area contributed by atoms with Gasteiger partial charge in [-0.2, -0.15) is 0 Å². The van der Waals surface area contributed by atoms with E-state index in [9.17, 15) is 0 Å². The second-order valence-electron chi connectivity index (χ2n) is 4.38. The SMILES string of the molecule is CCNc1cc(NC(C)C2CCOC2)ncn1. The Morgan fingerprint density at radius 2 is 2.29 bits per heavy atom. The van der Waals surface area contributed by atoms with Crippen LogP contribution in [0.15, 0.2) is 12.4 Å².